The number of carbonyl (C=O) groups is 2. The number of ketones is 2. The van der Waals surface area contributed by atoms with Gasteiger partial charge in [-0.3, -0.25) is 24.0 Å². The molecule has 1 aliphatic rings. The van der Waals surface area contributed by atoms with Crippen LogP contribution in [0.5, 0.6) is 5.75 Å². The van der Waals surface area contributed by atoms with E-state index in [1.54, 1.807) is 93.0 Å². The van der Waals surface area contributed by atoms with E-state index in [4.69, 9.17) is 15.5 Å². The van der Waals surface area contributed by atoms with Crippen LogP contribution in [0, 0.1) is 13.8 Å². The van der Waals surface area contributed by atoms with Gasteiger partial charge in [0.1, 0.15) is 34.6 Å². The molecule has 101 heavy (non-hydrogen) atoms. The Morgan fingerprint density at radius 1 is 0.663 bits per heavy atom. The summed E-state index contributed by atoms with van der Waals surface area (Å²) < 4.78 is 59.1. The van der Waals surface area contributed by atoms with Gasteiger partial charge in [0.15, 0.2) is 17.4 Å². The minimum Gasteiger partial charge on any atom is -0.573 e. The molecule has 10 rings (SSSR count). The first-order chi connectivity index (χ1) is 46.8. The molecule has 1 aliphatic carbocycles. The molecule has 0 bridgehead atoms. The first-order valence-corrected chi connectivity index (χ1v) is 51.0. The van der Waals surface area contributed by atoms with E-state index < -0.39 is 42.4 Å². The number of amidine groups is 1. The Balaban J connectivity index is 0. The zero-order chi connectivity index (χ0) is 73.5. The number of nitrogen functional groups attached to an aromatic ring is 1. The molecule has 7 aromatic carbocycles. The zero-order valence-electron chi connectivity index (χ0n) is 55.9. The topological polar surface area (TPSA) is 390 Å². The van der Waals surface area contributed by atoms with Crippen LogP contribution < -0.4 is 44.7 Å². The second-order valence-electron chi connectivity index (χ2n) is 18.8. The summed E-state index contributed by atoms with van der Waals surface area (Å²) in [5.74, 6) is 3.16. The standard InChI is InChI=1S/C20H17N4O3.C20H14N2O5S.C12H15N5.C7H13N5.2C2H6.CH4O3S.CH4.Cu.I3.I2.HI/c25-19-13-7-6-12-18(19)22-24-20(15-8-2-1-3-9-15)23-21-17-11-5-4-10-16(17)14-27-26;21-18-15(28(25,26)27)10-14(22-11-6-2-1-3-7-11)16-17(18)20(24)13-9-5-4-8-12(13)19(16)23;1-9-14-11(13-2)16-12(15-9)17(3)10-7-5-4-6-8-10;1-5-9-6(8-2)11-7(10-5)12(3)4;2*1-2;1-5(2,3)4;;;1-3-2;1-2;/h1-13H,14H2,(H2-,21,22,23,24,25,26);1-10,22H,21H2,(H,25,26,27);4-8H,1-3H3,(H,13,14,15,16);1-4H3,(H,8,9,10,11);2*1-2H3;1H3,(H,2,3,4);1H4;;;;1H/q-1;;;;;;;;+1;-1;;. The van der Waals surface area contributed by atoms with Gasteiger partial charge in [-0.05, 0) is 61.9 Å². The minimum atomic E-state index is -4.73. The molecule has 0 saturated heterocycles. The molecule has 2 heterocycles. The fraction of sp³-hybridized carbons (Fsp3) is 0.215. The quantitative estimate of drug-likeness (QED) is 0.00577. The number of hydrogen-bond acceptors (Lipinski definition) is 23. The van der Waals surface area contributed by atoms with Crippen LogP contribution in [0.3, 0.4) is 0 Å². The van der Waals surface area contributed by atoms with E-state index >= 15 is 0 Å². The Kier molecular flexibility index (Phi) is 50.3. The van der Waals surface area contributed by atoms with Crippen LogP contribution in [0.2, 0.25) is 0 Å². The minimum absolute atomic E-state index is 0. The Labute approximate surface area is 671 Å². The number of benzene rings is 7. The van der Waals surface area contributed by atoms with Crippen molar-refractivity contribution in [3.05, 3.63) is 220 Å². The molecule has 0 spiro atoms. The number of para-hydroxylation sites is 3. The summed E-state index contributed by atoms with van der Waals surface area (Å²) in [6.07, 6.45) is 0.715. The number of aromatic nitrogens is 6. The number of carbonyl (C=O) groups excluding carboxylic acids is 2. The van der Waals surface area contributed by atoms with Gasteiger partial charge < -0.3 is 47.1 Å². The number of hydrogen-bond donors (Lipinski definition) is 8. The van der Waals surface area contributed by atoms with Gasteiger partial charge in [-0.2, -0.15) is 46.7 Å². The van der Waals surface area contributed by atoms with Crippen molar-refractivity contribution in [3.63, 3.8) is 0 Å². The van der Waals surface area contributed by atoms with Gasteiger partial charge in [-0.15, -0.1) is 39.9 Å². The fourth-order valence-electron chi connectivity index (χ4n) is 7.83. The second-order valence-corrected chi connectivity index (χ2v) is 37.9. The number of azo groups is 1. The number of rotatable bonds is 14. The molecule has 9 N–H and O–H groups in total. The third-order valence-electron chi connectivity index (χ3n) is 11.9. The summed E-state index contributed by atoms with van der Waals surface area (Å²) in [5.41, 5.74) is 13.7. The van der Waals surface area contributed by atoms with Crippen molar-refractivity contribution in [2.75, 3.05) is 73.0 Å². The maximum Gasteiger partial charge on any atom is 1.00 e. The second kappa shape index (κ2) is 52.2. The Morgan fingerprint density at radius 2 is 1.10 bits per heavy atom. The van der Waals surface area contributed by atoms with Gasteiger partial charge in [0.2, 0.25) is 23.8 Å². The van der Waals surface area contributed by atoms with Crippen LogP contribution in [-0.2, 0) is 48.8 Å². The summed E-state index contributed by atoms with van der Waals surface area (Å²) in [6.45, 7) is 11.7. The number of nitrogens with two attached hydrogens (primary N) is 1. The zero-order valence-corrected chi connectivity index (χ0v) is 71.6. The molecule has 0 fully saturated rings. The monoisotopic (exact) mass is 2150 g/mol. The van der Waals surface area contributed by atoms with Crippen LogP contribution in [0.4, 0.5) is 57.9 Å². The number of fused-ring (bicyclic) bond motifs is 2. The van der Waals surface area contributed by atoms with E-state index in [2.05, 4.69) is 146 Å². The van der Waals surface area contributed by atoms with E-state index in [0.29, 0.717) is 71.8 Å². The van der Waals surface area contributed by atoms with Crippen LogP contribution >= 0.6 is 98.4 Å². The summed E-state index contributed by atoms with van der Waals surface area (Å²) in [5, 5.41) is 39.7. The molecule has 0 aliphatic heterocycles. The Bertz CT molecular complexity index is 4250. The first kappa shape index (κ1) is 97.3. The number of aromatic hydroxyl groups is 1. The smallest absolute Gasteiger partial charge is 0.573 e. The van der Waals surface area contributed by atoms with Gasteiger partial charge in [-0.25, -0.2) is 4.89 Å². The number of nitrogens with zero attached hydrogens (tertiary/aromatic N) is 12. The van der Waals surface area contributed by atoms with Gasteiger partial charge in [0.25, 0.3) is 20.2 Å². The van der Waals surface area contributed by atoms with Crippen molar-refractivity contribution in [1.82, 2.24) is 29.9 Å². The van der Waals surface area contributed by atoms with Crippen molar-refractivity contribution in [3.8, 4) is 5.75 Å². The van der Waals surface area contributed by atoms with Gasteiger partial charge in [0.05, 0.1) is 28.8 Å². The SMILES string of the molecule is C.CC.CC.CNc1nc(C)nc(N(C)C)n1.CNc1nc(C)nc(N(C)c2ccccc2)n1.CS(=O)(=O)O.I.II.I[I-]I.Nc1c(S(=O)(=O)O)cc(Nc2ccccc2)c2c1C(=O)c1ccccc1C2=O.OOCc1ccccc1[N-]N=C(N=Nc1ccccc1O)c1ccccc1.[Cu+]. The number of phenols is 1. The predicted molar refractivity (Wildman–Crippen MR) is 442 cm³/mol. The molecule has 9 aromatic rings. The number of nitrogens with one attached hydrogen (secondary N) is 3. The van der Waals surface area contributed by atoms with Crippen molar-refractivity contribution < 1.29 is 81.1 Å². The van der Waals surface area contributed by atoms with Crippen molar-refractivity contribution in [2.45, 2.75) is 60.5 Å². The summed E-state index contributed by atoms with van der Waals surface area (Å²) in [4.78, 5) is 58.6. The van der Waals surface area contributed by atoms with Gasteiger partial charge >= 0.3 is 67.6 Å². The summed E-state index contributed by atoms with van der Waals surface area (Å²) in [6, 6.07) is 49.0. The average molecular weight is 2150 g/mol. The molecule has 0 radical (unpaired) electrons. The maximum absolute atomic E-state index is 13.1. The summed E-state index contributed by atoms with van der Waals surface area (Å²) in [7, 11) is 0.912. The molecule has 2 aromatic heterocycles. The molecular weight excluding hydrogens is 2070 g/mol. The molecule has 27 nitrogen and oxygen atoms in total. The van der Waals surface area contributed by atoms with Crippen LogP contribution in [-0.4, -0.2) is 125 Å². The molecule has 0 saturated carbocycles. The molecule has 36 heteroatoms. The molecule has 0 amide bonds. The number of halogens is 6. The largest absolute Gasteiger partial charge is 1.00 e. The van der Waals surface area contributed by atoms with E-state index in [-0.39, 0.29) is 94.6 Å². The predicted octanol–water partition coefficient (Wildman–Crippen LogP) is 14.2. The maximum atomic E-state index is 13.1. The van der Waals surface area contributed by atoms with Gasteiger partial charge in [0, 0.05) is 101 Å². The van der Waals surface area contributed by atoms with Crippen LogP contribution in [0.1, 0.15) is 89.7 Å². The van der Waals surface area contributed by atoms with Crippen molar-refractivity contribution in [1.29, 1.82) is 0 Å². The Hall–Kier alpha value is -5.79. The third-order valence-corrected chi connectivity index (χ3v) is 12.8. The molecule has 0 unspecified atom stereocenters. The number of anilines is 8. The fourth-order valence-corrected chi connectivity index (χ4v) is 8.48. The van der Waals surface area contributed by atoms with Gasteiger partial charge in [-0.1, -0.05) is 163 Å². The Morgan fingerprint density at radius 3 is 1.58 bits per heavy atom. The normalized spacial score (nSPS) is 10.5. The van der Waals surface area contributed by atoms with E-state index in [9.17, 15) is 36.1 Å². The molecule has 552 valence electrons. The molecule has 0 atom stereocenters. The number of aryl methyl sites for hydroxylation is 2. The van der Waals surface area contributed by atoms with E-state index in [1.807, 2.05) is 139 Å². The van der Waals surface area contributed by atoms with Crippen molar-refractivity contribution in [2.24, 2.45) is 15.3 Å². The van der Waals surface area contributed by atoms with Crippen LogP contribution in [0.25, 0.3) is 5.43 Å². The number of phenolic OH excluding ortho intramolecular Hbond substituents is 1. The molecular formula is C65H80CuI6N16O11S2-. The van der Waals surface area contributed by atoms with E-state index in [1.165, 1.54) is 18.2 Å². The van der Waals surface area contributed by atoms with E-state index in [0.717, 1.165) is 23.1 Å². The first-order valence-electron chi connectivity index (χ1n) is 28.8. The average Bonchev–Trinajstić information content (AvgIpc) is 0.732. The van der Waals surface area contributed by atoms with Crippen LogP contribution in [0.15, 0.2) is 190 Å². The third kappa shape index (κ3) is 33.7. The summed E-state index contributed by atoms with van der Waals surface area (Å²) >= 11 is 9.54. The van der Waals surface area contributed by atoms with Crippen molar-refractivity contribution >= 4 is 194 Å².